The smallest absolute Gasteiger partial charge is 0.358 e. The maximum absolute atomic E-state index is 13.3. The van der Waals surface area contributed by atoms with E-state index in [0.29, 0.717) is 25.5 Å². The lowest BCUT2D eigenvalue weighted by molar-refractivity contribution is -0.141. The van der Waals surface area contributed by atoms with Crippen LogP contribution < -0.4 is 10.2 Å². The van der Waals surface area contributed by atoms with E-state index in [1.54, 1.807) is 6.08 Å². The number of hydrogen-bond acceptors (Lipinski definition) is 5. The SMILES string of the molecule is C=CCN(CCC)Cc1sc(NC/C(=C\C)CCl)nc1C(F)(F)F.Cl/C=C/NCl. The molecule has 0 aliphatic rings. The first-order valence-corrected chi connectivity index (χ1v) is 10.9. The highest BCUT2D eigenvalue weighted by Crippen LogP contribution is 2.37. The van der Waals surface area contributed by atoms with Crippen molar-refractivity contribution in [1.29, 1.82) is 0 Å². The Labute approximate surface area is 189 Å². The van der Waals surface area contributed by atoms with Gasteiger partial charge in [-0.3, -0.25) is 4.90 Å². The summed E-state index contributed by atoms with van der Waals surface area (Å²) in [5, 5.41) is 3.19. The summed E-state index contributed by atoms with van der Waals surface area (Å²) in [6.45, 7) is 9.33. The molecule has 0 saturated heterocycles. The molecule has 0 bridgehead atoms. The molecule has 11 heteroatoms. The number of nitrogens with zero attached hydrogens (tertiary/aromatic N) is 2. The highest BCUT2D eigenvalue weighted by atomic mass is 35.5. The van der Waals surface area contributed by atoms with Gasteiger partial charge in [-0.25, -0.2) is 4.98 Å². The van der Waals surface area contributed by atoms with E-state index < -0.39 is 11.9 Å². The van der Waals surface area contributed by atoms with Gasteiger partial charge < -0.3 is 10.2 Å². The van der Waals surface area contributed by atoms with Crippen molar-refractivity contribution in [3.8, 4) is 0 Å². The van der Waals surface area contributed by atoms with Gasteiger partial charge in [0.25, 0.3) is 0 Å². The van der Waals surface area contributed by atoms with Crippen LogP contribution in [0.3, 0.4) is 0 Å². The second-order valence-corrected chi connectivity index (χ2v) is 7.47. The van der Waals surface area contributed by atoms with Gasteiger partial charge in [0.15, 0.2) is 10.8 Å². The Bertz CT molecular complexity index is 649. The second-order valence-electron chi connectivity index (χ2n) is 5.65. The zero-order chi connectivity index (χ0) is 22.3. The van der Waals surface area contributed by atoms with E-state index in [0.717, 1.165) is 23.3 Å². The van der Waals surface area contributed by atoms with Crippen molar-refractivity contribution >= 4 is 51.4 Å². The van der Waals surface area contributed by atoms with Crippen molar-refractivity contribution in [1.82, 2.24) is 14.7 Å². The molecule has 0 saturated carbocycles. The van der Waals surface area contributed by atoms with Crippen LogP contribution in [0.25, 0.3) is 0 Å². The molecule has 1 aromatic heterocycles. The lowest BCUT2D eigenvalue weighted by Gasteiger charge is -2.19. The molecule has 0 amide bonds. The normalized spacial score (nSPS) is 12.1. The van der Waals surface area contributed by atoms with E-state index in [1.165, 1.54) is 11.7 Å². The molecule has 2 N–H and O–H groups in total. The van der Waals surface area contributed by atoms with Crippen molar-refractivity contribution < 1.29 is 13.2 Å². The summed E-state index contributed by atoms with van der Waals surface area (Å²) in [5.74, 6) is 0.331. The maximum Gasteiger partial charge on any atom is 0.434 e. The number of nitrogens with one attached hydrogen (secondary N) is 2. The summed E-state index contributed by atoms with van der Waals surface area (Å²) in [7, 11) is 0. The number of halogens is 6. The molecule has 1 rings (SSSR count). The van der Waals surface area contributed by atoms with Crippen LogP contribution in [0.1, 0.15) is 30.8 Å². The summed E-state index contributed by atoms with van der Waals surface area (Å²) in [6, 6.07) is 0. The minimum absolute atomic E-state index is 0.208. The molecule has 0 aliphatic carbocycles. The first kappa shape index (κ1) is 28.1. The molecule has 0 fully saturated rings. The largest absolute Gasteiger partial charge is 0.434 e. The predicted octanol–water partition coefficient (Wildman–Crippen LogP) is 6.60. The average molecular weight is 494 g/mol. The summed E-state index contributed by atoms with van der Waals surface area (Å²) >= 11 is 16.7. The summed E-state index contributed by atoms with van der Waals surface area (Å²) in [4.78, 5) is 8.07. The number of thiazole rings is 1. The summed E-state index contributed by atoms with van der Waals surface area (Å²) in [5.41, 5.74) is 1.38. The van der Waals surface area contributed by atoms with Crippen molar-refractivity contribution in [3.63, 3.8) is 0 Å². The van der Waals surface area contributed by atoms with Gasteiger partial charge in [-0.05, 0) is 25.5 Å². The minimum Gasteiger partial charge on any atom is -0.358 e. The highest BCUT2D eigenvalue weighted by Gasteiger charge is 2.37. The maximum atomic E-state index is 13.3. The van der Waals surface area contributed by atoms with Crippen LogP contribution in [-0.4, -0.2) is 35.4 Å². The summed E-state index contributed by atoms with van der Waals surface area (Å²) < 4.78 is 39.8. The van der Waals surface area contributed by atoms with E-state index in [9.17, 15) is 13.2 Å². The molecule has 29 heavy (non-hydrogen) atoms. The first-order chi connectivity index (χ1) is 13.8. The van der Waals surface area contributed by atoms with Crippen LogP contribution in [0.15, 0.2) is 36.0 Å². The molecule has 166 valence electrons. The Kier molecular flexibility index (Phi) is 15.3. The predicted molar refractivity (Wildman–Crippen MR) is 120 cm³/mol. The number of aromatic nitrogens is 1. The Morgan fingerprint density at radius 2 is 2.07 bits per heavy atom. The average Bonchev–Trinajstić information content (AvgIpc) is 3.07. The molecule has 1 heterocycles. The third-order valence-electron chi connectivity index (χ3n) is 3.43. The molecular weight excluding hydrogens is 468 g/mol. The number of hydrogen-bond donors (Lipinski definition) is 2. The Hall–Kier alpha value is -0.930. The van der Waals surface area contributed by atoms with Gasteiger partial charge in [0.1, 0.15) is 0 Å². The summed E-state index contributed by atoms with van der Waals surface area (Å²) in [6.07, 6.45) is 1.34. The molecular formula is C18H26Cl3F3N4S. The molecule has 1 aromatic rings. The zero-order valence-corrected chi connectivity index (χ0v) is 19.4. The van der Waals surface area contributed by atoms with Crippen LogP contribution in [0.2, 0.25) is 0 Å². The van der Waals surface area contributed by atoms with E-state index in [-0.39, 0.29) is 16.6 Å². The van der Waals surface area contributed by atoms with Gasteiger partial charge in [-0.15, -0.1) is 29.5 Å². The second kappa shape index (κ2) is 15.8. The lowest BCUT2D eigenvalue weighted by Crippen LogP contribution is -2.25. The fourth-order valence-corrected chi connectivity index (χ4v) is 3.59. The topological polar surface area (TPSA) is 40.2 Å². The van der Waals surface area contributed by atoms with E-state index in [4.69, 9.17) is 35.0 Å². The molecule has 0 radical (unpaired) electrons. The molecule has 0 unspecified atom stereocenters. The quantitative estimate of drug-likeness (QED) is 0.207. The standard InChI is InChI=1S/C16H23ClF3N3S.C2H3Cl2N/c1-4-7-23(8-5-2)11-13-14(16(18,19)20)22-15(24-13)21-10-12(6-3)9-17;3-1-2-5-4/h4,6H,1,5,7-11H2,2-3H3,(H,21,22);1-2,5H/b12-6-;2-1+. The number of allylic oxidation sites excluding steroid dienone is 1. The number of anilines is 1. The molecule has 4 nitrogen and oxygen atoms in total. The van der Waals surface area contributed by atoms with Gasteiger partial charge in [0.05, 0.1) is 4.88 Å². The van der Waals surface area contributed by atoms with Crippen molar-refractivity contribution in [2.45, 2.75) is 33.0 Å². The number of alkyl halides is 4. The van der Waals surface area contributed by atoms with Crippen molar-refractivity contribution in [3.05, 3.63) is 46.6 Å². The van der Waals surface area contributed by atoms with E-state index in [1.807, 2.05) is 24.8 Å². The van der Waals surface area contributed by atoms with Crippen molar-refractivity contribution in [2.75, 3.05) is 30.8 Å². The fourth-order valence-electron chi connectivity index (χ4n) is 2.13. The third kappa shape index (κ3) is 11.7. The first-order valence-electron chi connectivity index (χ1n) is 8.72. The van der Waals surface area contributed by atoms with Crippen LogP contribution in [-0.2, 0) is 12.7 Å². The highest BCUT2D eigenvalue weighted by molar-refractivity contribution is 7.15. The van der Waals surface area contributed by atoms with Gasteiger partial charge in [-0.2, -0.15) is 13.2 Å². The molecule has 0 aliphatic heterocycles. The van der Waals surface area contributed by atoms with Gasteiger partial charge in [0, 0.05) is 49.0 Å². The zero-order valence-electron chi connectivity index (χ0n) is 16.3. The molecule has 0 spiro atoms. The van der Waals surface area contributed by atoms with Gasteiger partial charge >= 0.3 is 6.18 Å². The van der Waals surface area contributed by atoms with Crippen LogP contribution in [0.5, 0.6) is 0 Å². The third-order valence-corrected chi connectivity index (χ3v) is 5.03. The minimum atomic E-state index is -4.46. The van der Waals surface area contributed by atoms with Crippen LogP contribution >= 0.6 is 46.3 Å². The van der Waals surface area contributed by atoms with E-state index >= 15 is 0 Å². The van der Waals surface area contributed by atoms with Crippen molar-refractivity contribution in [2.24, 2.45) is 0 Å². The number of rotatable bonds is 11. The molecule has 0 atom stereocenters. The lowest BCUT2D eigenvalue weighted by atomic mass is 10.3. The fraction of sp³-hybridized carbons (Fsp3) is 0.500. The van der Waals surface area contributed by atoms with Crippen LogP contribution in [0.4, 0.5) is 18.3 Å². The monoisotopic (exact) mass is 492 g/mol. The molecule has 0 aromatic carbocycles. The van der Waals surface area contributed by atoms with Gasteiger partial charge in [-0.1, -0.05) is 30.7 Å². The van der Waals surface area contributed by atoms with Gasteiger partial charge in [0.2, 0.25) is 0 Å². The van der Waals surface area contributed by atoms with E-state index in [2.05, 4.69) is 21.7 Å². The van der Waals surface area contributed by atoms with Crippen LogP contribution in [0, 0.1) is 0 Å². The Morgan fingerprint density at radius 3 is 2.48 bits per heavy atom. The Balaban J connectivity index is 0.00000139. The Morgan fingerprint density at radius 1 is 1.38 bits per heavy atom.